The predicted octanol–water partition coefficient (Wildman–Crippen LogP) is 4.78. The molecule has 0 aliphatic heterocycles. The lowest BCUT2D eigenvalue weighted by Crippen LogP contribution is -2.16. The van der Waals surface area contributed by atoms with Gasteiger partial charge in [-0.05, 0) is 46.9 Å². The van der Waals surface area contributed by atoms with Crippen molar-refractivity contribution < 1.29 is 4.74 Å². The van der Waals surface area contributed by atoms with Crippen molar-refractivity contribution in [3.05, 3.63) is 26.6 Å². The third kappa shape index (κ3) is 5.91. The average molecular weight is 402 g/mol. The van der Waals surface area contributed by atoms with Crippen molar-refractivity contribution in [1.29, 1.82) is 0 Å². The van der Waals surface area contributed by atoms with Crippen molar-refractivity contribution >= 4 is 44.3 Å². The van der Waals surface area contributed by atoms with Gasteiger partial charge in [0.1, 0.15) is 5.75 Å². The minimum Gasteiger partial charge on any atom is -0.495 e. The predicted molar refractivity (Wildman–Crippen MR) is 86.8 cm³/mol. The van der Waals surface area contributed by atoms with Crippen LogP contribution in [0.3, 0.4) is 0 Å². The zero-order valence-electron chi connectivity index (χ0n) is 10.9. The maximum Gasteiger partial charge on any atom is 0.137 e. The molecule has 0 radical (unpaired) electrons. The van der Waals surface area contributed by atoms with E-state index in [0.29, 0.717) is 0 Å². The van der Waals surface area contributed by atoms with Gasteiger partial charge < -0.3 is 10.1 Å². The summed E-state index contributed by atoms with van der Waals surface area (Å²) in [5.41, 5.74) is 1.16. The molecule has 104 valence electrons. The van der Waals surface area contributed by atoms with Gasteiger partial charge in [-0.15, -0.1) is 12.4 Å². The fourth-order valence-corrected chi connectivity index (χ4v) is 3.06. The average Bonchev–Trinajstić information content (AvgIpc) is 2.23. The van der Waals surface area contributed by atoms with Crippen LogP contribution >= 0.6 is 44.3 Å². The molecule has 5 heteroatoms. The first-order valence-electron chi connectivity index (χ1n) is 5.77. The van der Waals surface area contributed by atoms with Crippen LogP contribution in [0.1, 0.15) is 25.8 Å². The highest BCUT2D eigenvalue weighted by Gasteiger charge is 2.08. The molecule has 0 spiro atoms. The molecule has 0 saturated heterocycles. The maximum absolute atomic E-state index is 5.40. The van der Waals surface area contributed by atoms with Crippen molar-refractivity contribution in [3.8, 4) is 5.75 Å². The summed E-state index contributed by atoms with van der Waals surface area (Å²) in [5.74, 6) is 1.64. The van der Waals surface area contributed by atoms with E-state index in [2.05, 4.69) is 57.1 Å². The van der Waals surface area contributed by atoms with Crippen LogP contribution in [0.2, 0.25) is 0 Å². The SMILES string of the molecule is COc1c(Br)cc(Br)cc1CNCCC(C)C.Cl. The Morgan fingerprint density at radius 2 is 1.94 bits per heavy atom. The number of hydrogen-bond donors (Lipinski definition) is 1. The lowest BCUT2D eigenvalue weighted by atomic mass is 10.1. The zero-order chi connectivity index (χ0) is 12.8. The Bertz CT molecular complexity index is 372. The van der Waals surface area contributed by atoms with E-state index in [-0.39, 0.29) is 12.4 Å². The van der Waals surface area contributed by atoms with E-state index >= 15 is 0 Å². The number of methoxy groups -OCH3 is 1. The number of nitrogens with one attached hydrogen (secondary N) is 1. The van der Waals surface area contributed by atoms with Crippen molar-refractivity contribution in [2.45, 2.75) is 26.8 Å². The summed E-state index contributed by atoms with van der Waals surface area (Å²) in [6, 6.07) is 4.09. The van der Waals surface area contributed by atoms with Crippen molar-refractivity contribution in [1.82, 2.24) is 5.32 Å². The Labute approximate surface area is 133 Å². The smallest absolute Gasteiger partial charge is 0.137 e. The first-order valence-corrected chi connectivity index (χ1v) is 7.35. The van der Waals surface area contributed by atoms with Crippen molar-refractivity contribution in [2.75, 3.05) is 13.7 Å². The zero-order valence-corrected chi connectivity index (χ0v) is 14.9. The molecule has 0 aromatic heterocycles. The van der Waals surface area contributed by atoms with E-state index in [1.165, 1.54) is 6.42 Å². The number of ether oxygens (including phenoxy) is 1. The quantitative estimate of drug-likeness (QED) is 0.693. The van der Waals surface area contributed by atoms with Crippen LogP contribution in [0.25, 0.3) is 0 Å². The summed E-state index contributed by atoms with van der Waals surface area (Å²) in [6.45, 7) is 6.33. The summed E-state index contributed by atoms with van der Waals surface area (Å²) in [6.07, 6.45) is 1.19. The Balaban J connectivity index is 0.00000289. The number of halogens is 3. The van der Waals surface area contributed by atoms with Crippen LogP contribution in [0.5, 0.6) is 5.75 Å². The standard InChI is InChI=1S/C13H19Br2NO.ClH/c1-9(2)4-5-16-8-10-6-11(14)7-12(15)13(10)17-3;/h6-7,9,16H,4-5,8H2,1-3H3;1H. The minimum absolute atomic E-state index is 0. The van der Waals surface area contributed by atoms with Crippen LogP contribution in [0, 0.1) is 5.92 Å². The van der Waals surface area contributed by atoms with Gasteiger partial charge in [-0.3, -0.25) is 0 Å². The second-order valence-corrected chi connectivity index (χ2v) is 6.21. The molecule has 1 N–H and O–H groups in total. The number of rotatable bonds is 6. The van der Waals surface area contributed by atoms with E-state index in [1.54, 1.807) is 7.11 Å². The highest BCUT2D eigenvalue weighted by Crippen LogP contribution is 2.32. The molecule has 0 aliphatic rings. The lowest BCUT2D eigenvalue weighted by Gasteiger charge is -2.12. The molecular formula is C13H20Br2ClNO. The third-order valence-electron chi connectivity index (χ3n) is 2.50. The topological polar surface area (TPSA) is 21.3 Å². The molecule has 0 bridgehead atoms. The molecular weight excluding hydrogens is 381 g/mol. The Morgan fingerprint density at radius 1 is 1.28 bits per heavy atom. The Hall–Kier alpha value is 0.230. The molecule has 0 fully saturated rings. The maximum atomic E-state index is 5.40. The second-order valence-electron chi connectivity index (χ2n) is 4.44. The summed E-state index contributed by atoms with van der Waals surface area (Å²) < 4.78 is 7.44. The normalized spacial score (nSPS) is 10.3. The lowest BCUT2D eigenvalue weighted by molar-refractivity contribution is 0.404. The fraction of sp³-hybridized carbons (Fsp3) is 0.538. The molecule has 0 atom stereocenters. The van der Waals surface area contributed by atoms with E-state index in [1.807, 2.05) is 6.07 Å². The summed E-state index contributed by atoms with van der Waals surface area (Å²) in [4.78, 5) is 0. The summed E-state index contributed by atoms with van der Waals surface area (Å²) in [7, 11) is 1.70. The molecule has 1 aromatic carbocycles. The molecule has 0 heterocycles. The van der Waals surface area contributed by atoms with Gasteiger partial charge in [-0.2, -0.15) is 0 Å². The van der Waals surface area contributed by atoms with Crippen LogP contribution in [-0.4, -0.2) is 13.7 Å². The van der Waals surface area contributed by atoms with E-state index in [9.17, 15) is 0 Å². The van der Waals surface area contributed by atoms with Gasteiger partial charge >= 0.3 is 0 Å². The third-order valence-corrected chi connectivity index (χ3v) is 3.55. The van der Waals surface area contributed by atoms with Gasteiger partial charge in [-0.1, -0.05) is 29.8 Å². The van der Waals surface area contributed by atoms with Crippen LogP contribution in [-0.2, 0) is 6.54 Å². The molecule has 1 rings (SSSR count). The Kier molecular flexibility index (Phi) is 9.30. The van der Waals surface area contributed by atoms with Crippen LogP contribution in [0.4, 0.5) is 0 Å². The monoisotopic (exact) mass is 399 g/mol. The molecule has 0 amide bonds. The van der Waals surface area contributed by atoms with E-state index in [4.69, 9.17) is 4.74 Å². The van der Waals surface area contributed by atoms with Gasteiger partial charge in [-0.25, -0.2) is 0 Å². The van der Waals surface area contributed by atoms with E-state index < -0.39 is 0 Å². The van der Waals surface area contributed by atoms with Crippen molar-refractivity contribution in [2.24, 2.45) is 5.92 Å². The van der Waals surface area contributed by atoms with Gasteiger partial charge in [0.15, 0.2) is 0 Å². The summed E-state index contributed by atoms with van der Waals surface area (Å²) in [5, 5.41) is 3.44. The molecule has 18 heavy (non-hydrogen) atoms. The fourth-order valence-electron chi connectivity index (χ4n) is 1.59. The molecule has 0 saturated carbocycles. The summed E-state index contributed by atoms with van der Waals surface area (Å²) >= 11 is 7.00. The number of benzene rings is 1. The van der Waals surface area contributed by atoms with Crippen LogP contribution < -0.4 is 10.1 Å². The van der Waals surface area contributed by atoms with Crippen molar-refractivity contribution in [3.63, 3.8) is 0 Å². The van der Waals surface area contributed by atoms with E-state index in [0.717, 1.165) is 39.3 Å². The molecule has 1 aromatic rings. The molecule has 0 unspecified atom stereocenters. The highest BCUT2D eigenvalue weighted by molar-refractivity contribution is 9.11. The van der Waals surface area contributed by atoms with Gasteiger partial charge in [0.25, 0.3) is 0 Å². The Morgan fingerprint density at radius 3 is 2.50 bits per heavy atom. The van der Waals surface area contributed by atoms with Gasteiger partial charge in [0.2, 0.25) is 0 Å². The number of hydrogen-bond acceptors (Lipinski definition) is 2. The first-order chi connectivity index (χ1) is 8.04. The van der Waals surface area contributed by atoms with Crippen LogP contribution in [0.15, 0.2) is 21.1 Å². The second kappa shape index (κ2) is 9.18. The minimum atomic E-state index is 0. The molecule has 2 nitrogen and oxygen atoms in total. The first kappa shape index (κ1) is 18.2. The van der Waals surface area contributed by atoms with Gasteiger partial charge in [0, 0.05) is 16.6 Å². The molecule has 0 aliphatic carbocycles. The highest BCUT2D eigenvalue weighted by atomic mass is 79.9. The largest absolute Gasteiger partial charge is 0.495 e. The van der Waals surface area contributed by atoms with Gasteiger partial charge in [0.05, 0.1) is 11.6 Å².